The Balaban J connectivity index is 1.74. The highest BCUT2D eigenvalue weighted by atomic mass is 35.5. The molecular formula is C14H12ClN5O3S2. The number of hydrogen-bond acceptors (Lipinski definition) is 6. The predicted molar refractivity (Wildman–Crippen MR) is 95.5 cm³/mol. The molecule has 2 N–H and O–H groups in total. The summed E-state index contributed by atoms with van der Waals surface area (Å²) in [6.07, 6.45) is 3.01. The fraction of sp³-hybridized carbons (Fsp3) is 0.0714. The molecule has 0 atom stereocenters. The summed E-state index contributed by atoms with van der Waals surface area (Å²) in [6, 6.07) is 5.72. The average molecular weight is 398 g/mol. The molecule has 1 amide bonds. The van der Waals surface area contributed by atoms with Crippen molar-refractivity contribution in [3.05, 3.63) is 52.8 Å². The van der Waals surface area contributed by atoms with Crippen molar-refractivity contribution < 1.29 is 13.2 Å². The third kappa shape index (κ3) is 3.98. The number of carbonyl (C=O) groups is 1. The summed E-state index contributed by atoms with van der Waals surface area (Å²) < 4.78 is 28.3. The van der Waals surface area contributed by atoms with E-state index in [1.54, 1.807) is 12.4 Å². The highest BCUT2D eigenvalue weighted by Gasteiger charge is 2.17. The molecule has 0 radical (unpaired) electrons. The van der Waals surface area contributed by atoms with Crippen molar-refractivity contribution in [1.29, 1.82) is 0 Å². The molecular weight excluding hydrogens is 386 g/mol. The van der Waals surface area contributed by atoms with Crippen LogP contribution in [0.25, 0.3) is 0 Å². The van der Waals surface area contributed by atoms with Crippen molar-refractivity contribution in [2.45, 2.75) is 4.90 Å². The van der Waals surface area contributed by atoms with Crippen molar-refractivity contribution in [3.8, 4) is 0 Å². The van der Waals surface area contributed by atoms with Gasteiger partial charge in [0.05, 0.1) is 9.92 Å². The summed E-state index contributed by atoms with van der Waals surface area (Å²) in [5, 5.41) is 8.75. The van der Waals surface area contributed by atoms with Crippen LogP contribution < -0.4 is 10.0 Å². The zero-order valence-electron chi connectivity index (χ0n) is 12.8. The number of halogens is 1. The number of sulfonamides is 1. The van der Waals surface area contributed by atoms with Gasteiger partial charge in [-0.15, -0.1) is 11.3 Å². The molecule has 3 rings (SSSR count). The number of anilines is 2. The van der Waals surface area contributed by atoms with Crippen molar-refractivity contribution >= 4 is 49.7 Å². The van der Waals surface area contributed by atoms with Crippen LogP contribution in [0.4, 0.5) is 10.8 Å². The Kier molecular flexibility index (Phi) is 4.75. The van der Waals surface area contributed by atoms with Crippen molar-refractivity contribution in [2.75, 3.05) is 10.0 Å². The van der Waals surface area contributed by atoms with Crippen molar-refractivity contribution in [3.63, 3.8) is 0 Å². The molecule has 0 aliphatic rings. The Labute approximate surface area is 152 Å². The van der Waals surface area contributed by atoms with Gasteiger partial charge in [0, 0.05) is 30.5 Å². The second-order valence-corrected chi connectivity index (χ2v) is 7.90. The Morgan fingerprint density at radius 1 is 1.28 bits per heavy atom. The highest BCUT2D eigenvalue weighted by molar-refractivity contribution is 7.93. The highest BCUT2D eigenvalue weighted by Crippen LogP contribution is 2.20. The molecule has 0 saturated carbocycles. The van der Waals surface area contributed by atoms with Gasteiger partial charge in [-0.05, 0) is 24.3 Å². The van der Waals surface area contributed by atoms with Gasteiger partial charge < -0.3 is 5.32 Å². The maximum atomic E-state index is 12.2. The lowest BCUT2D eigenvalue weighted by atomic mass is 10.3. The summed E-state index contributed by atoms with van der Waals surface area (Å²) in [5.41, 5.74) is 0.506. The number of hydrogen-bond donors (Lipinski definition) is 2. The Bertz CT molecular complexity index is 998. The van der Waals surface area contributed by atoms with Crippen LogP contribution in [-0.4, -0.2) is 29.1 Å². The van der Waals surface area contributed by atoms with Crippen LogP contribution >= 0.6 is 22.9 Å². The van der Waals surface area contributed by atoms with Gasteiger partial charge in [-0.25, -0.2) is 13.4 Å². The Morgan fingerprint density at radius 3 is 2.56 bits per heavy atom. The second kappa shape index (κ2) is 6.82. The van der Waals surface area contributed by atoms with Gasteiger partial charge in [-0.1, -0.05) is 11.6 Å². The molecule has 0 bridgehead atoms. The van der Waals surface area contributed by atoms with E-state index in [9.17, 15) is 13.2 Å². The average Bonchev–Trinajstić information content (AvgIpc) is 3.16. The van der Waals surface area contributed by atoms with E-state index in [2.05, 4.69) is 20.1 Å². The topological polar surface area (TPSA) is 106 Å². The van der Waals surface area contributed by atoms with E-state index >= 15 is 0 Å². The van der Waals surface area contributed by atoms with Crippen LogP contribution in [0.5, 0.6) is 0 Å². The molecule has 0 saturated heterocycles. The first kappa shape index (κ1) is 17.4. The quantitative estimate of drug-likeness (QED) is 0.688. The van der Waals surface area contributed by atoms with Gasteiger partial charge in [0.2, 0.25) is 0 Å². The summed E-state index contributed by atoms with van der Waals surface area (Å²) in [6.45, 7) is 0. The molecule has 2 heterocycles. The molecule has 0 spiro atoms. The van der Waals surface area contributed by atoms with Crippen LogP contribution in [0, 0.1) is 0 Å². The number of benzene rings is 1. The summed E-state index contributed by atoms with van der Waals surface area (Å²) in [4.78, 5) is 16.1. The molecule has 11 heteroatoms. The van der Waals surface area contributed by atoms with E-state index in [1.165, 1.54) is 52.7 Å². The number of aromatic nitrogens is 3. The SMILES string of the molecule is Cn1cc(Cl)c(C(=O)Nc2ccc(S(=O)(=O)Nc3nccs3)cc2)n1. The number of rotatable bonds is 5. The molecule has 2 aromatic heterocycles. The molecule has 0 fully saturated rings. The number of nitrogens with one attached hydrogen (secondary N) is 2. The molecule has 0 aliphatic heterocycles. The molecule has 130 valence electrons. The van der Waals surface area contributed by atoms with Gasteiger partial charge in [0.25, 0.3) is 15.9 Å². The fourth-order valence-corrected chi connectivity index (χ4v) is 4.02. The Hall–Kier alpha value is -2.43. The zero-order valence-corrected chi connectivity index (χ0v) is 15.2. The largest absolute Gasteiger partial charge is 0.321 e. The number of amides is 1. The fourth-order valence-electron chi connectivity index (χ4n) is 1.97. The minimum absolute atomic E-state index is 0.0524. The standard InChI is InChI=1S/C14H12ClN5O3S2/c1-20-8-11(15)12(18-20)13(21)17-9-2-4-10(5-3-9)25(22,23)19-14-16-6-7-24-14/h2-8H,1H3,(H,16,19)(H,17,21). The monoisotopic (exact) mass is 397 g/mol. The molecule has 8 nitrogen and oxygen atoms in total. The van der Waals surface area contributed by atoms with Crippen LogP contribution in [-0.2, 0) is 17.1 Å². The molecule has 25 heavy (non-hydrogen) atoms. The third-order valence-corrected chi connectivity index (χ3v) is 5.52. The number of aryl methyl sites for hydroxylation is 1. The first-order valence-electron chi connectivity index (χ1n) is 6.88. The number of carbonyl (C=O) groups excluding carboxylic acids is 1. The first-order valence-corrected chi connectivity index (χ1v) is 9.62. The van der Waals surface area contributed by atoms with Crippen LogP contribution in [0.1, 0.15) is 10.5 Å². The predicted octanol–water partition coefficient (Wildman–Crippen LogP) is 2.58. The van der Waals surface area contributed by atoms with E-state index in [0.29, 0.717) is 5.69 Å². The molecule has 1 aromatic carbocycles. The van der Waals surface area contributed by atoms with Gasteiger partial charge in [-0.2, -0.15) is 5.10 Å². The summed E-state index contributed by atoms with van der Waals surface area (Å²) in [5.74, 6) is -0.484. The zero-order chi connectivity index (χ0) is 18.0. The number of thiazole rings is 1. The van der Waals surface area contributed by atoms with Gasteiger partial charge in [0.1, 0.15) is 0 Å². The van der Waals surface area contributed by atoms with E-state index in [0.717, 1.165) is 0 Å². The second-order valence-electron chi connectivity index (χ2n) is 4.92. The Morgan fingerprint density at radius 2 is 2.00 bits per heavy atom. The number of nitrogens with zero attached hydrogens (tertiary/aromatic N) is 3. The molecule has 0 aliphatic carbocycles. The lowest BCUT2D eigenvalue weighted by Crippen LogP contribution is -2.15. The summed E-state index contributed by atoms with van der Waals surface area (Å²) >= 11 is 7.10. The van der Waals surface area contributed by atoms with Gasteiger partial charge in [-0.3, -0.25) is 14.2 Å². The van der Waals surface area contributed by atoms with Crippen molar-refractivity contribution in [2.24, 2.45) is 7.05 Å². The van der Waals surface area contributed by atoms with Crippen LogP contribution in [0.2, 0.25) is 5.02 Å². The van der Waals surface area contributed by atoms with Gasteiger partial charge in [0.15, 0.2) is 10.8 Å². The maximum absolute atomic E-state index is 12.2. The maximum Gasteiger partial charge on any atom is 0.277 e. The first-order chi connectivity index (χ1) is 11.8. The van der Waals surface area contributed by atoms with Gasteiger partial charge >= 0.3 is 0 Å². The van der Waals surface area contributed by atoms with Crippen LogP contribution in [0.3, 0.4) is 0 Å². The van der Waals surface area contributed by atoms with E-state index in [-0.39, 0.29) is 20.7 Å². The normalized spacial score (nSPS) is 11.3. The lowest BCUT2D eigenvalue weighted by molar-refractivity contribution is 0.102. The van der Waals surface area contributed by atoms with E-state index < -0.39 is 15.9 Å². The lowest BCUT2D eigenvalue weighted by Gasteiger charge is -2.07. The third-order valence-electron chi connectivity index (χ3n) is 3.08. The van der Waals surface area contributed by atoms with Crippen molar-refractivity contribution in [1.82, 2.24) is 14.8 Å². The molecule has 3 aromatic rings. The summed E-state index contributed by atoms with van der Waals surface area (Å²) in [7, 11) is -2.09. The van der Waals surface area contributed by atoms with Crippen LogP contribution in [0.15, 0.2) is 46.9 Å². The van der Waals surface area contributed by atoms with E-state index in [4.69, 9.17) is 11.6 Å². The smallest absolute Gasteiger partial charge is 0.277 e. The minimum atomic E-state index is -3.74. The van der Waals surface area contributed by atoms with E-state index in [1.807, 2.05) is 0 Å². The minimum Gasteiger partial charge on any atom is -0.321 e. The molecule has 0 unspecified atom stereocenters.